The number of ether oxygens (including phenoxy) is 3. The van der Waals surface area contributed by atoms with Gasteiger partial charge in [-0.05, 0) is 78.4 Å². The molecule has 1 aromatic carbocycles. The van der Waals surface area contributed by atoms with Crippen LogP contribution >= 0.6 is 0 Å². The molecule has 304 valence electrons. The second-order valence-electron chi connectivity index (χ2n) is 18.4. The highest BCUT2D eigenvalue weighted by Gasteiger charge is 2.15. The van der Waals surface area contributed by atoms with Gasteiger partial charge in [-0.2, -0.15) is 0 Å². The summed E-state index contributed by atoms with van der Waals surface area (Å²) in [6.07, 6.45) is 26.3. The molecule has 0 bridgehead atoms. The van der Waals surface area contributed by atoms with E-state index in [-0.39, 0.29) is 5.97 Å². The van der Waals surface area contributed by atoms with Crippen LogP contribution in [0.15, 0.2) is 18.2 Å². The lowest BCUT2D eigenvalue weighted by molar-refractivity contribution is 0.0600. The lowest BCUT2D eigenvalue weighted by Crippen LogP contribution is -2.09. The molecule has 4 heteroatoms. The van der Waals surface area contributed by atoms with Gasteiger partial charge in [0.1, 0.15) is 0 Å². The average Bonchev–Trinajstić information content (AvgIpc) is 3.08. The summed E-state index contributed by atoms with van der Waals surface area (Å²) >= 11 is 0. The number of hydrogen-bond donors (Lipinski definition) is 0. The summed E-state index contributed by atoms with van der Waals surface area (Å²) < 4.78 is 17.5. The lowest BCUT2D eigenvalue weighted by atomic mass is 9.91. The van der Waals surface area contributed by atoms with Crippen LogP contribution in [-0.2, 0) is 4.74 Å². The molecule has 0 fully saturated rings. The SMILES string of the molecule is COC(=O)c1ccc(OCCC(C)CCCC(C)CCCC(C)CCCC(C)C)c(OCCC(C)CCCC(C)CCCC(C)CCCC(C)C)c1. The third-order valence-electron chi connectivity index (χ3n) is 11.6. The summed E-state index contributed by atoms with van der Waals surface area (Å²) in [4.78, 5) is 12.3. The Hall–Kier alpha value is -1.71. The Morgan fingerprint density at radius 1 is 0.442 bits per heavy atom. The molecule has 6 atom stereocenters. The fourth-order valence-electron chi connectivity index (χ4n) is 7.60. The molecule has 0 N–H and O–H groups in total. The highest BCUT2D eigenvalue weighted by molar-refractivity contribution is 5.90. The van der Waals surface area contributed by atoms with E-state index in [4.69, 9.17) is 14.2 Å². The van der Waals surface area contributed by atoms with Crippen molar-refractivity contribution in [1.82, 2.24) is 0 Å². The first kappa shape index (κ1) is 48.3. The zero-order valence-corrected chi connectivity index (χ0v) is 36.5. The molecular weight excluding hydrogens is 641 g/mol. The van der Waals surface area contributed by atoms with Gasteiger partial charge in [0, 0.05) is 0 Å². The van der Waals surface area contributed by atoms with Gasteiger partial charge >= 0.3 is 5.97 Å². The van der Waals surface area contributed by atoms with Crippen molar-refractivity contribution in [2.24, 2.45) is 47.3 Å². The van der Waals surface area contributed by atoms with Crippen LogP contribution in [0.3, 0.4) is 0 Å². The van der Waals surface area contributed by atoms with Crippen LogP contribution < -0.4 is 9.47 Å². The van der Waals surface area contributed by atoms with Crippen molar-refractivity contribution in [1.29, 1.82) is 0 Å². The van der Waals surface area contributed by atoms with Gasteiger partial charge in [-0.3, -0.25) is 0 Å². The van der Waals surface area contributed by atoms with Gasteiger partial charge < -0.3 is 14.2 Å². The fraction of sp³-hybridized carbons (Fsp3) is 0.854. The first-order valence-corrected chi connectivity index (χ1v) is 22.3. The van der Waals surface area contributed by atoms with Gasteiger partial charge in [-0.1, -0.05) is 185 Å². The van der Waals surface area contributed by atoms with Crippen molar-refractivity contribution in [3.05, 3.63) is 23.8 Å². The number of benzene rings is 1. The first-order valence-electron chi connectivity index (χ1n) is 22.3. The van der Waals surface area contributed by atoms with Crippen molar-refractivity contribution in [2.45, 2.75) is 198 Å². The van der Waals surface area contributed by atoms with Crippen LogP contribution in [0.2, 0.25) is 0 Å². The van der Waals surface area contributed by atoms with Gasteiger partial charge in [0.2, 0.25) is 0 Å². The lowest BCUT2D eigenvalue weighted by Gasteiger charge is -2.18. The van der Waals surface area contributed by atoms with Gasteiger partial charge in [-0.15, -0.1) is 0 Å². The maximum Gasteiger partial charge on any atom is 0.337 e. The van der Waals surface area contributed by atoms with Crippen LogP contribution in [0.5, 0.6) is 11.5 Å². The number of carbonyl (C=O) groups excluding carboxylic acids is 1. The highest BCUT2D eigenvalue weighted by Crippen LogP contribution is 2.31. The maximum atomic E-state index is 12.3. The zero-order valence-electron chi connectivity index (χ0n) is 36.5. The average molecular weight is 729 g/mol. The Kier molecular flexibility index (Phi) is 27.5. The van der Waals surface area contributed by atoms with Gasteiger partial charge in [0.25, 0.3) is 0 Å². The number of methoxy groups -OCH3 is 1. The van der Waals surface area contributed by atoms with E-state index in [1.54, 1.807) is 12.1 Å². The Bertz CT molecular complexity index is 1000. The number of carbonyl (C=O) groups is 1. The third-order valence-corrected chi connectivity index (χ3v) is 11.6. The van der Waals surface area contributed by atoms with Gasteiger partial charge in [0.05, 0.1) is 25.9 Å². The van der Waals surface area contributed by atoms with Gasteiger partial charge in [0.15, 0.2) is 11.5 Å². The van der Waals surface area contributed by atoms with Gasteiger partial charge in [-0.25, -0.2) is 4.79 Å². The minimum Gasteiger partial charge on any atom is -0.490 e. The molecule has 52 heavy (non-hydrogen) atoms. The quantitative estimate of drug-likeness (QED) is 0.0676. The van der Waals surface area contributed by atoms with Crippen molar-refractivity contribution in [3.63, 3.8) is 0 Å². The molecule has 1 rings (SSSR count). The van der Waals surface area contributed by atoms with E-state index in [1.807, 2.05) is 6.07 Å². The number of hydrogen-bond acceptors (Lipinski definition) is 4. The summed E-state index contributed by atoms with van der Waals surface area (Å²) in [7, 11) is 1.42. The third kappa shape index (κ3) is 25.3. The molecule has 0 heterocycles. The zero-order chi connectivity index (χ0) is 38.7. The van der Waals surface area contributed by atoms with E-state index in [0.29, 0.717) is 36.4 Å². The minimum atomic E-state index is -0.349. The summed E-state index contributed by atoms with van der Waals surface area (Å²) in [6, 6.07) is 5.44. The van der Waals surface area contributed by atoms with E-state index >= 15 is 0 Å². The normalized spacial score (nSPS) is 15.3. The predicted octanol–water partition coefficient (Wildman–Crippen LogP) is 15.2. The van der Waals surface area contributed by atoms with Crippen LogP contribution in [-0.4, -0.2) is 26.3 Å². The van der Waals surface area contributed by atoms with E-state index in [9.17, 15) is 4.79 Å². The molecule has 6 unspecified atom stereocenters. The monoisotopic (exact) mass is 729 g/mol. The van der Waals surface area contributed by atoms with Crippen molar-refractivity contribution >= 4 is 5.97 Å². The molecule has 0 aliphatic rings. The predicted molar refractivity (Wildman–Crippen MR) is 226 cm³/mol. The topological polar surface area (TPSA) is 44.8 Å². The van der Waals surface area contributed by atoms with E-state index in [1.165, 1.54) is 123 Å². The van der Waals surface area contributed by atoms with E-state index in [2.05, 4.69) is 69.2 Å². The molecule has 4 nitrogen and oxygen atoms in total. The second kappa shape index (κ2) is 29.6. The highest BCUT2D eigenvalue weighted by atomic mass is 16.5. The fourth-order valence-corrected chi connectivity index (χ4v) is 7.60. The molecule has 0 saturated carbocycles. The Balaban J connectivity index is 2.37. The van der Waals surface area contributed by atoms with Crippen LogP contribution in [0.25, 0.3) is 0 Å². The van der Waals surface area contributed by atoms with Crippen LogP contribution in [0, 0.1) is 47.3 Å². The smallest absolute Gasteiger partial charge is 0.337 e. The van der Waals surface area contributed by atoms with E-state index in [0.717, 1.165) is 54.1 Å². The largest absolute Gasteiger partial charge is 0.490 e. The summed E-state index contributed by atoms with van der Waals surface area (Å²) in [5, 5.41) is 0. The van der Waals surface area contributed by atoms with Crippen molar-refractivity contribution < 1.29 is 19.0 Å². The molecule has 0 aliphatic heterocycles. The maximum absolute atomic E-state index is 12.3. The Morgan fingerprint density at radius 2 is 0.750 bits per heavy atom. The Morgan fingerprint density at radius 3 is 1.08 bits per heavy atom. The first-order chi connectivity index (χ1) is 24.8. The summed E-state index contributed by atoms with van der Waals surface area (Å²) in [5.41, 5.74) is 0.500. The number of rotatable bonds is 33. The van der Waals surface area contributed by atoms with Crippen LogP contribution in [0.1, 0.15) is 208 Å². The molecule has 0 spiro atoms. The summed E-state index contributed by atoms with van der Waals surface area (Å²) in [6.45, 7) is 25.1. The molecule has 0 aromatic heterocycles. The second-order valence-corrected chi connectivity index (χ2v) is 18.4. The van der Waals surface area contributed by atoms with Crippen molar-refractivity contribution in [3.8, 4) is 11.5 Å². The molecule has 0 radical (unpaired) electrons. The Labute approximate surface area is 324 Å². The minimum absolute atomic E-state index is 0.349. The molecule has 0 amide bonds. The number of esters is 1. The summed E-state index contributed by atoms with van der Waals surface area (Å²) in [5.74, 6) is 7.30. The molecule has 0 saturated heterocycles. The van der Waals surface area contributed by atoms with Crippen molar-refractivity contribution in [2.75, 3.05) is 20.3 Å². The standard InChI is InChI=1S/C48H88O4/c1-37(2)18-12-20-39(5)22-14-24-41(7)26-16-28-43(9)32-34-51-46-31-30-45(48(49)50-11)36-47(46)52-35-33-44(10)29-17-27-42(8)25-15-23-40(6)21-13-19-38(3)4/h30-31,36-44H,12-29,32-35H2,1-11H3. The van der Waals surface area contributed by atoms with E-state index < -0.39 is 0 Å². The molecular formula is C48H88O4. The van der Waals surface area contributed by atoms with Crippen LogP contribution in [0.4, 0.5) is 0 Å². The molecule has 0 aliphatic carbocycles. The molecule has 1 aromatic rings.